The van der Waals surface area contributed by atoms with Crippen LogP contribution in [-0.4, -0.2) is 40.3 Å². The van der Waals surface area contributed by atoms with Crippen LogP contribution in [-0.2, 0) is 4.79 Å². The van der Waals surface area contributed by atoms with Gasteiger partial charge in [-0.15, -0.1) is 5.10 Å². The number of H-pyrrole nitrogens is 1. The van der Waals surface area contributed by atoms with Crippen LogP contribution in [0.4, 0.5) is 0 Å². The van der Waals surface area contributed by atoms with Crippen molar-refractivity contribution in [2.45, 2.75) is 5.16 Å². The highest BCUT2D eigenvalue weighted by Crippen LogP contribution is 2.30. The van der Waals surface area contributed by atoms with Crippen molar-refractivity contribution < 1.29 is 19.2 Å². The number of aromatic hydroxyl groups is 1. The molecule has 4 rings (SSSR count). The second kappa shape index (κ2) is 11.9. The maximum atomic E-state index is 12.5. The van der Waals surface area contributed by atoms with Crippen molar-refractivity contribution in [3.8, 4) is 28.6 Å². The van der Waals surface area contributed by atoms with Gasteiger partial charge in [-0.2, -0.15) is 9.67 Å². The smallest absolute Gasteiger partial charge is 0.342 e. The average Bonchev–Trinajstić information content (AvgIpc) is 3.30. The lowest BCUT2D eigenvalue weighted by molar-refractivity contribution is -0.625. The number of carbonyl (C=O) groups excluding carboxylic acids is 1. The highest BCUT2D eigenvalue weighted by molar-refractivity contribution is 9.11. The van der Waals surface area contributed by atoms with Crippen molar-refractivity contribution in [2.24, 2.45) is 5.10 Å². The molecular weight excluding hydrogens is 634 g/mol. The number of hydrogen-bond donors (Lipinski definition) is 3. The molecule has 0 saturated heterocycles. The first kappa shape index (κ1) is 26.2. The summed E-state index contributed by atoms with van der Waals surface area (Å²) in [6, 6.07) is 18.3. The summed E-state index contributed by atoms with van der Waals surface area (Å²) in [6.45, 7) is 0. The number of rotatable bonds is 8. The standard InChI is InChI=1S/C24H18Br2ClN5O3S/c1-35-19-8-2-14(3-9-19)23-30-31-24(32(23)18-6-4-17(27)5-7-18)36-13-21(33)29-28-12-15-10-16(25)11-20(26)22(15)34/h2-12H,13H2,1H3,(H2,28,29,33,34)/p+1. The molecule has 36 heavy (non-hydrogen) atoms. The van der Waals surface area contributed by atoms with E-state index in [9.17, 15) is 9.90 Å². The van der Waals surface area contributed by atoms with Crippen molar-refractivity contribution in [1.29, 1.82) is 0 Å². The number of halogens is 3. The third kappa shape index (κ3) is 6.28. The Morgan fingerprint density at radius 1 is 1.22 bits per heavy atom. The van der Waals surface area contributed by atoms with E-state index in [0.717, 1.165) is 27.3 Å². The number of hydrogen-bond acceptors (Lipinski definition) is 6. The molecule has 4 aromatic rings. The van der Waals surface area contributed by atoms with Gasteiger partial charge in [0.1, 0.15) is 17.2 Å². The van der Waals surface area contributed by atoms with Crippen LogP contribution >= 0.6 is 55.2 Å². The van der Waals surface area contributed by atoms with Crippen LogP contribution in [0, 0.1) is 0 Å². The summed E-state index contributed by atoms with van der Waals surface area (Å²) < 4.78 is 8.44. The van der Waals surface area contributed by atoms with Crippen LogP contribution in [0.1, 0.15) is 5.56 Å². The quantitative estimate of drug-likeness (QED) is 0.101. The second-order valence-electron chi connectivity index (χ2n) is 7.30. The highest BCUT2D eigenvalue weighted by atomic mass is 79.9. The molecule has 0 fully saturated rings. The molecule has 0 saturated carbocycles. The van der Waals surface area contributed by atoms with E-state index in [2.05, 4.69) is 52.6 Å². The van der Waals surface area contributed by atoms with Crippen LogP contribution in [0.2, 0.25) is 5.02 Å². The monoisotopic (exact) mass is 650 g/mol. The molecule has 8 nitrogen and oxygen atoms in total. The number of ether oxygens (including phenoxy) is 1. The Hall–Kier alpha value is -2.86. The van der Waals surface area contributed by atoms with Crippen molar-refractivity contribution in [3.63, 3.8) is 0 Å². The summed E-state index contributed by atoms with van der Waals surface area (Å²) in [7, 11) is 1.61. The molecule has 0 aliphatic heterocycles. The summed E-state index contributed by atoms with van der Waals surface area (Å²) in [4.78, 5) is 12.5. The molecule has 12 heteroatoms. The number of benzene rings is 3. The third-order valence-corrected chi connectivity index (χ3v) is 7.16. The number of nitrogens with one attached hydrogen (secondary N) is 2. The summed E-state index contributed by atoms with van der Waals surface area (Å²) >= 11 is 14.0. The summed E-state index contributed by atoms with van der Waals surface area (Å²) in [5, 5.41) is 22.8. The van der Waals surface area contributed by atoms with Crippen LogP contribution in [0.5, 0.6) is 11.5 Å². The van der Waals surface area contributed by atoms with E-state index in [1.165, 1.54) is 18.0 Å². The first-order valence-electron chi connectivity index (χ1n) is 10.4. The number of thioether (sulfide) groups is 1. The minimum absolute atomic E-state index is 0.0252. The molecule has 0 atom stereocenters. The van der Waals surface area contributed by atoms with Crippen LogP contribution in [0.3, 0.4) is 0 Å². The fourth-order valence-corrected chi connectivity index (χ4v) is 5.33. The average molecular weight is 653 g/mol. The predicted octanol–water partition coefficient (Wildman–Crippen LogP) is 5.49. The molecule has 1 amide bonds. The molecule has 0 radical (unpaired) electrons. The summed E-state index contributed by atoms with van der Waals surface area (Å²) in [5.74, 6) is 1.23. The Morgan fingerprint density at radius 2 is 1.94 bits per heavy atom. The van der Waals surface area contributed by atoms with E-state index < -0.39 is 0 Å². The lowest BCUT2D eigenvalue weighted by Gasteiger charge is -2.05. The van der Waals surface area contributed by atoms with E-state index in [4.69, 9.17) is 16.3 Å². The van der Waals surface area contributed by atoms with Gasteiger partial charge in [0.2, 0.25) is 0 Å². The van der Waals surface area contributed by atoms with Gasteiger partial charge >= 0.3 is 5.16 Å². The van der Waals surface area contributed by atoms with Crippen LogP contribution < -0.4 is 14.7 Å². The van der Waals surface area contributed by atoms with Crippen molar-refractivity contribution in [1.82, 2.24) is 15.6 Å². The molecule has 0 unspecified atom stereocenters. The Kier molecular flexibility index (Phi) is 8.68. The van der Waals surface area contributed by atoms with E-state index in [0.29, 0.717) is 20.2 Å². The van der Waals surface area contributed by atoms with E-state index in [1.54, 1.807) is 31.4 Å². The van der Waals surface area contributed by atoms with E-state index >= 15 is 0 Å². The molecule has 0 aliphatic carbocycles. The Labute approximate surface area is 233 Å². The highest BCUT2D eigenvalue weighted by Gasteiger charge is 2.24. The molecule has 1 aromatic heterocycles. The van der Waals surface area contributed by atoms with Crippen molar-refractivity contribution in [2.75, 3.05) is 12.9 Å². The minimum atomic E-state index is -0.332. The van der Waals surface area contributed by atoms with E-state index in [1.807, 2.05) is 41.0 Å². The molecule has 1 heterocycles. The van der Waals surface area contributed by atoms with Crippen molar-refractivity contribution >= 4 is 67.3 Å². The van der Waals surface area contributed by atoms with Gasteiger partial charge in [-0.3, -0.25) is 4.79 Å². The van der Waals surface area contributed by atoms with Gasteiger partial charge in [0.15, 0.2) is 0 Å². The molecule has 0 spiro atoms. The van der Waals surface area contributed by atoms with Gasteiger partial charge in [-0.05, 0) is 88.4 Å². The zero-order chi connectivity index (χ0) is 25.7. The van der Waals surface area contributed by atoms with Gasteiger partial charge < -0.3 is 9.84 Å². The summed E-state index contributed by atoms with van der Waals surface area (Å²) in [6.07, 6.45) is 1.37. The number of hydrazone groups is 1. The zero-order valence-electron chi connectivity index (χ0n) is 18.7. The second-order valence-corrected chi connectivity index (χ2v) is 10.5. The number of amides is 1. The molecule has 3 aromatic carbocycles. The first-order chi connectivity index (χ1) is 17.4. The Bertz CT molecular complexity index is 1410. The fraction of sp³-hybridized carbons (Fsp3) is 0.0833. The SMILES string of the molecule is COc1ccc(-c2[nH]nc(SCC(=O)N/N=C/c3cc(Br)cc(Br)c3O)[n+]2-c2ccc(Cl)cc2)cc1. The molecular formula is C24H19Br2ClN5O3S+. The zero-order valence-corrected chi connectivity index (χ0v) is 23.4. The van der Waals surface area contributed by atoms with Crippen LogP contribution in [0.15, 0.2) is 79.9 Å². The molecule has 0 aliphatic rings. The number of aromatic amines is 1. The predicted molar refractivity (Wildman–Crippen MR) is 147 cm³/mol. The minimum Gasteiger partial charge on any atom is -0.506 e. The lowest BCUT2D eigenvalue weighted by Crippen LogP contribution is -2.34. The number of methoxy groups -OCH3 is 1. The maximum absolute atomic E-state index is 12.5. The number of nitrogens with zero attached hydrogens (tertiary/aromatic N) is 3. The van der Waals surface area contributed by atoms with Gasteiger partial charge in [0.25, 0.3) is 11.7 Å². The number of aromatic nitrogens is 3. The molecule has 3 N–H and O–H groups in total. The normalized spacial score (nSPS) is 11.1. The maximum Gasteiger partial charge on any atom is 0.342 e. The number of phenolic OH excluding ortho intramolecular Hbond substituents is 1. The number of phenols is 1. The van der Waals surface area contributed by atoms with Gasteiger partial charge in [0, 0.05) is 15.1 Å². The summed E-state index contributed by atoms with van der Waals surface area (Å²) in [5.41, 5.74) is 4.64. The Morgan fingerprint density at radius 3 is 2.64 bits per heavy atom. The van der Waals surface area contributed by atoms with Crippen LogP contribution in [0.25, 0.3) is 17.1 Å². The van der Waals surface area contributed by atoms with Gasteiger partial charge in [-0.25, -0.2) is 5.43 Å². The topological polar surface area (TPSA) is 103 Å². The molecule has 0 bridgehead atoms. The number of carbonyl (C=O) groups is 1. The Balaban J connectivity index is 1.52. The van der Waals surface area contributed by atoms with Gasteiger partial charge in [0.05, 0.1) is 34.2 Å². The van der Waals surface area contributed by atoms with Gasteiger partial charge in [-0.1, -0.05) is 27.5 Å². The van der Waals surface area contributed by atoms with E-state index in [-0.39, 0.29) is 17.4 Å². The first-order valence-corrected chi connectivity index (χ1v) is 13.3. The molecule has 184 valence electrons. The lowest BCUT2D eigenvalue weighted by atomic mass is 10.2. The fourth-order valence-electron chi connectivity index (χ4n) is 3.19. The largest absolute Gasteiger partial charge is 0.506 e. The third-order valence-electron chi connectivity index (χ3n) is 4.90. The van der Waals surface area contributed by atoms with Crippen molar-refractivity contribution in [3.05, 3.63) is 80.2 Å².